The molecule has 0 saturated carbocycles. The molecule has 1 rings (SSSR count). The van der Waals surface area contributed by atoms with Gasteiger partial charge in [-0.15, -0.1) is 0 Å². The van der Waals surface area contributed by atoms with Crippen molar-refractivity contribution in [3.8, 4) is 11.8 Å². The Morgan fingerprint density at radius 2 is 2.35 bits per heavy atom. The highest BCUT2D eigenvalue weighted by atomic mass is 16.5. The Morgan fingerprint density at radius 3 is 2.95 bits per heavy atom. The number of nitrogens with zero attached hydrogens (tertiary/aromatic N) is 2. The molecule has 5 heteroatoms. The molecule has 108 valence electrons. The number of amides is 1. The van der Waals surface area contributed by atoms with Crippen LogP contribution in [0.2, 0.25) is 0 Å². The quantitative estimate of drug-likeness (QED) is 0.812. The number of aliphatic hydroxyl groups is 1. The van der Waals surface area contributed by atoms with E-state index in [0.29, 0.717) is 24.3 Å². The maximum atomic E-state index is 12.6. The Hall–Kier alpha value is -1.90. The van der Waals surface area contributed by atoms with E-state index in [1.807, 2.05) is 13.8 Å². The maximum Gasteiger partial charge on any atom is 0.255 e. The van der Waals surface area contributed by atoms with E-state index >= 15 is 0 Å². The molecule has 1 N–H and O–H groups in total. The average Bonchev–Trinajstić information content (AvgIpc) is 2.46. The molecule has 1 heterocycles. The first-order valence-corrected chi connectivity index (χ1v) is 6.49. The van der Waals surface area contributed by atoms with Gasteiger partial charge < -0.3 is 14.7 Å². The molecule has 0 aliphatic carbocycles. The Kier molecular flexibility index (Phi) is 6.71. The summed E-state index contributed by atoms with van der Waals surface area (Å²) in [5.74, 6) is 5.18. The molecule has 1 atom stereocenters. The van der Waals surface area contributed by atoms with Crippen LogP contribution in [-0.4, -0.2) is 53.8 Å². The van der Waals surface area contributed by atoms with Crippen LogP contribution < -0.4 is 0 Å². The minimum Gasteiger partial charge on any atom is -0.384 e. The summed E-state index contributed by atoms with van der Waals surface area (Å²) in [7, 11) is 1.61. The number of pyridine rings is 1. The number of aromatic nitrogens is 1. The van der Waals surface area contributed by atoms with Gasteiger partial charge in [0, 0.05) is 26.0 Å². The van der Waals surface area contributed by atoms with Crippen LogP contribution in [0, 0.1) is 11.8 Å². The number of carbonyl (C=O) groups is 1. The van der Waals surface area contributed by atoms with E-state index in [4.69, 9.17) is 9.84 Å². The predicted molar refractivity (Wildman–Crippen MR) is 76.2 cm³/mol. The standard InChI is InChI=1S/C15H20N2O3/c1-4-17(12(2)11-20-3)15(19)14-7-8-16-10-13(14)6-5-9-18/h7-8,10,12,18H,4,9,11H2,1-3H3. The summed E-state index contributed by atoms with van der Waals surface area (Å²) < 4.78 is 5.10. The molecule has 0 spiro atoms. The lowest BCUT2D eigenvalue weighted by Crippen LogP contribution is -2.41. The molecule has 1 aromatic rings. The summed E-state index contributed by atoms with van der Waals surface area (Å²) in [6.45, 7) is 4.66. The molecule has 5 nitrogen and oxygen atoms in total. The molecule has 0 aliphatic heterocycles. The van der Waals surface area contributed by atoms with Crippen LogP contribution in [0.5, 0.6) is 0 Å². The lowest BCUT2D eigenvalue weighted by Gasteiger charge is -2.27. The van der Waals surface area contributed by atoms with Gasteiger partial charge in [0.25, 0.3) is 5.91 Å². The molecule has 1 aromatic heterocycles. The highest BCUT2D eigenvalue weighted by Crippen LogP contribution is 2.12. The van der Waals surface area contributed by atoms with Gasteiger partial charge in [-0.05, 0) is 19.9 Å². The normalized spacial score (nSPS) is 11.4. The van der Waals surface area contributed by atoms with Crippen LogP contribution in [0.25, 0.3) is 0 Å². The van der Waals surface area contributed by atoms with Gasteiger partial charge in [0.05, 0.1) is 23.8 Å². The Labute approximate surface area is 119 Å². The summed E-state index contributed by atoms with van der Waals surface area (Å²) in [5, 5.41) is 8.76. The molecular weight excluding hydrogens is 256 g/mol. The zero-order valence-corrected chi connectivity index (χ0v) is 12.1. The second-order valence-corrected chi connectivity index (χ2v) is 4.28. The number of ether oxygens (including phenoxy) is 1. The van der Waals surface area contributed by atoms with Crippen LogP contribution in [-0.2, 0) is 4.74 Å². The largest absolute Gasteiger partial charge is 0.384 e. The van der Waals surface area contributed by atoms with Crippen molar-refractivity contribution in [3.63, 3.8) is 0 Å². The summed E-state index contributed by atoms with van der Waals surface area (Å²) in [4.78, 5) is 18.3. The van der Waals surface area contributed by atoms with Crippen LogP contribution in [0.4, 0.5) is 0 Å². The Balaban J connectivity index is 3.06. The minimum absolute atomic E-state index is 0.0238. The van der Waals surface area contributed by atoms with Crippen LogP contribution in [0.15, 0.2) is 18.5 Å². The van der Waals surface area contributed by atoms with E-state index in [1.165, 1.54) is 6.20 Å². The lowest BCUT2D eigenvalue weighted by atomic mass is 10.1. The number of hydrogen-bond donors (Lipinski definition) is 1. The molecule has 1 unspecified atom stereocenters. The SMILES string of the molecule is CCN(C(=O)c1ccncc1C#CCO)C(C)COC. The van der Waals surface area contributed by atoms with Gasteiger partial charge in [-0.1, -0.05) is 11.8 Å². The van der Waals surface area contributed by atoms with Crippen LogP contribution in [0.3, 0.4) is 0 Å². The molecule has 1 amide bonds. The molecule has 0 fully saturated rings. The first-order valence-electron chi connectivity index (χ1n) is 6.49. The summed E-state index contributed by atoms with van der Waals surface area (Å²) >= 11 is 0. The molecule has 0 radical (unpaired) electrons. The fraction of sp³-hybridized carbons (Fsp3) is 0.467. The topological polar surface area (TPSA) is 62.7 Å². The molecule has 0 aromatic carbocycles. The highest BCUT2D eigenvalue weighted by Gasteiger charge is 2.21. The van der Waals surface area contributed by atoms with E-state index in [1.54, 1.807) is 24.3 Å². The average molecular weight is 276 g/mol. The van der Waals surface area contributed by atoms with Crippen molar-refractivity contribution in [1.82, 2.24) is 9.88 Å². The monoisotopic (exact) mass is 276 g/mol. The van der Waals surface area contributed by atoms with Crippen LogP contribution >= 0.6 is 0 Å². The molecule has 0 bridgehead atoms. The third-order valence-corrected chi connectivity index (χ3v) is 2.90. The zero-order chi connectivity index (χ0) is 15.0. The van der Waals surface area contributed by atoms with Gasteiger partial charge in [-0.25, -0.2) is 0 Å². The van der Waals surface area contributed by atoms with Crippen molar-refractivity contribution in [2.45, 2.75) is 19.9 Å². The zero-order valence-electron chi connectivity index (χ0n) is 12.1. The van der Waals surface area contributed by atoms with E-state index in [-0.39, 0.29) is 18.6 Å². The van der Waals surface area contributed by atoms with Crippen molar-refractivity contribution in [2.24, 2.45) is 0 Å². The number of carbonyl (C=O) groups excluding carboxylic acids is 1. The second kappa shape index (κ2) is 8.31. The van der Waals surface area contributed by atoms with Crippen molar-refractivity contribution >= 4 is 5.91 Å². The number of aliphatic hydroxyl groups excluding tert-OH is 1. The molecule has 20 heavy (non-hydrogen) atoms. The van der Waals surface area contributed by atoms with Crippen molar-refractivity contribution in [2.75, 3.05) is 26.9 Å². The molecule has 0 aliphatic rings. The van der Waals surface area contributed by atoms with Crippen molar-refractivity contribution in [3.05, 3.63) is 29.6 Å². The first-order chi connectivity index (χ1) is 9.65. The minimum atomic E-state index is -0.250. The van der Waals surface area contributed by atoms with Gasteiger partial charge in [-0.2, -0.15) is 0 Å². The maximum absolute atomic E-state index is 12.6. The van der Waals surface area contributed by atoms with E-state index < -0.39 is 0 Å². The van der Waals surface area contributed by atoms with Gasteiger partial charge in [0.1, 0.15) is 6.61 Å². The third kappa shape index (κ3) is 4.05. The summed E-state index contributed by atoms with van der Waals surface area (Å²) in [6.07, 6.45) is 3.09. The number of rotatable bonds is 5. The van der Waals surface area contributed by atoms with Gasteiger partial charge >= 0.3 is 0 Å². The molecule has 0 saturated heterocycles. The number of hydrogen-bond acceptors (Lipinski definition) is 4. The van der Waals surface area contributed by atoms with E-state index in [9.17, 15) is 4.79 Å². The van der Waals surface area contributed by atoms with Crippen molar-refractivity contribution < 1.29 is 14.6 Å². The van der Waals surface area contributed by atoms with E-state index in [2.05, 4.69) is 16.8 Å². The van der Waals surface area contributed by atoms with E-state index in [0.717, 1.165) is 0 Å². The fourth-order valence-corrected chi connectivity index (χ4v) is 1.96. The highest BCUT2D eigenvalue weighted by molar-refractivity contribution is 5.96. The summed E-state index contributed by atoms with van der Waals surface area (Å²) in [5.41, 5.74) is 1.01. The Bertz CT molecular complexity index is 505. The predicted octanol–water partition coefficient (Wildman–Crippen LogP) is 0.922. The summed E-state index contributed by atoms with van der Waals surface area (Å²) in [6, 6.07) is 1.62. The first kappa shape index (κ1) is 16.2. The fourth-order valence-electron chi connectivity index (χ4n) is 1.96. The third-order valence-electron chi connectivity index (χ3n) is 2.90. The van der Waals surface area contributed by atoms with Crippen LogP contribution in [0.1, 0.15) is 29.8 Å². The Morgan fingerprint density at radius 1 is 1.60 bits per heavy atom. The van der Waals surface area contributed by atoms with Gasteiger partial charge in [0.2, 0.25) is 0 Å². The van der Waals surface area contributed by atoms with Gasteiger partial charge in [-0.3, -0.25) is 9.78 Å². The number of methoxy groups -OCH3 is 1. The lowest BCUT2D eigenvalue weighted by molar-refractivity contribution is 0.0579. The molecular formula is C15H20N2O3. The smallest absolute Gasteiger partial charge is 0.255 e. The van der Waals surface area contributed by atoms with Crippen molar-refractivity contribution in [1.29, 1.82) is 0 Å². The number of likely N-dealkylation sites (N-methyl/N-ethyl adjacent to an activating group) is 1. The second-order valence-electron chi connectivity index (χ2n) is 4.28. The van der Waals surface area contributed by atoms with Gasteiger partial charge in [0.15, 0.2) is 0 Å².